The number of phosphoric ester groups is 1. The first-order valence-electron chi connectivity index (χ1n) is 31.6. The highest BCUT2D eigenvalue weighted by molar-refractivity contribution is 7.47. The molecule has 0 rings (SSSR count). The molecule has 0 spiro atoms. The van der Waals surface area contributed by atoms with Crippen LogP contribution in [0.2, 0.25) is 0 Å². The minimum atomic E-state index is -4.33. The molecule has 0 aromatic carbocycles. The van der Waals surface area contributed by atoms with Crippen LogP contribution in [0, 0.1) is 0 Å². The second-order valence-electron chi connectivity index (χ2n) is 23.2. The molecule has 8 nitrogen and oxygen atoms in total. The molecule has 0 aromatic rings. The summed E-state index contributed by atoms with van der Waals surface area (Å²) in [5.41, 5.74) is 0. The van der Waals surface area contributed by atoms with Gasteiger partial charge < -0.3 is 19.8 Å². The minimum Gasteiger partial charge on any atom is -0.387 e. The SMILES string of the molecule is CCCCCCCC/C=C/C(O)C(COP(=O)(O)OCC[N+](C)(C)C)NC(=O)CCCCCCCCCCCCCCCCCCCCCCCCCCCCCCCCCCCCCCCCCCC. The topological polar surface area (TPSA) is 105 Å². The largest absolute Gasteiger partial charge is 0.472 e. The number of nitrogens with one attached hydrogen (secondary N) is 1. The van der Waals surface area contributed by atoms with Gasteiger partial charge in [-0.1, -0.05) is 315 Å². The predicted octanol–water partition coefficient (Wildman–Crippen LogP) is 19.4. The summed E-state index contributed by atoms with van der Waals surface area (Å²) >= 11 is 0. The van der Waals surface area contributed by atoms with Crippen LogP contribution in [-0.4, -0.2) is 73.4 Å². The molecule has 3 N–H and O–H groups in total. The third kappa shape index (κ3) is 56.8. The lowest BCUT2D eigenvalue weighted by Crippen LogP contribution is -2.45. The van der Waals surface area contributed by atoms with E-state index in [0.29, 0.717) is 17.4 Å². The smallest absolute Gasteiger partial charge is 0.387 e. The third-order valence-electron chi connectivity index (χ3n) is 14.8. The number of allylic oxidation sites excluding steroid dienone is 1. The zero-order valence-corrected chi connectivity index (χ0v) is 49.4. The van der Waals surface area contributed by atoms with Crippen molar-refractivity contribution in [1.29, 1.82) is 0 Å². The van der Waals surface area contributed by atoms with Crippen LogP contribution in [-0.2, 0) is 18.4 Å². The van der Waals surface area contributed by atoms with Gasteiger partial charge in [-0.25, -0.2) is 4.57 Å². The van der Waals surface area contributed by atoms with Gasteiger partial charge in [0.2, 0.25) is 5.91 Å². The Morgan fingerprint density at radius 1 is 0.465 bits per heavy atom. The van der Waals surface area contributed by atoms with Crippen molar-refractivity contribution in [3.05, 3.63) is 12.2 Å². The van der Waals surface area contributed by atoms with Gasteiger partial charge in [0.15, 0.2) is 0 Å². The highest BCUT2D eigenvalue weighted by Crippen LogP contribution is 2.43. The maximum Gasteiger partial charge on any atom is 0.472 e. The lowest BCUT2D eigenvalue weighted by Gasteiger charge is -2.25. The predicted molar refractivity (Wildman–Crippen MR) is 309 cm³/mol. The van der Waals surface area contributed by atoms with E-state index in [0.717, 1.165) is 38.5 Å². The Bertz CT molecular complexity index is 1160. The van der Waals surface area contributed by atoms with Gasteiger partial charge in [0, 0.05) is 6.42 Å². The molecule has 0 aliphatic rings. The van der Waals surface area contributed by atoms with Crippen LogP contribution in [0.4, 0.5) is 0 Å². The van der Waals surface area contributed by atoms with Crippen LogP contribution in [0.15, 0.2) is 12.2 Å². The van der Waals surface area contributed by atoms with E-state index in [-0.39, 0.29) is 19.1 Å². The summed E-state index contributed by atoms with van der Waals surface area (Å²) in [5, 5.41) is 13.8. The van der Waals surface area contributed by atoms with Gasteiger partial charge >= 0.3 is 7.82 Å². The van der Waals surface area contributed by atoms with E-state index < -0.39 is 20.0 Å². The summed E-state index contributed by atoms with van der Waals surface area (Å²) in [6.45, 7) is 4.81. The average Bonchev–Trinajstić information content (AvgIpc) is 3.33. The van der Waals surface area contributed by atoms with E-state index in [4.69, 9.17) is 9.05 Å². The summed E-state index contributed by atoms with van der Waals surface area (Å²) in [6, 6.07) is -0.840. The van der Waals surface area contributed by atoms with Crippen LogP contribution in [0.1, 0.15) is 328 Å². The fourth-order valence-electron chi connectivity index (χ4n) is 9.81. The zero-order chi connectivity index (χ0) is 52.0. The number of carbonyl (C=O) groups is 1. The number of aliphatic hydroxyl groups is 1. The van der Waals surface area contributed by atoms with Crippen LogP contribution >= 0.6 is 7.82 Å². The molecule has 1 amide bonds. The van der Waals surface area contributed by atoms with Crippen molar-refractivity contribution < 1.29 is 32.9 Å². The maximum absolute atomic E-state index is 12.9. The van der Waals surface area contributed by atoms with Gasteiger partial charge in [0.1, 0.15) is 13.2 Å². The summed E-state index contributed by atoms with van der Waals surface area (Å²) in [4.78, 5) is 23.1. The highest BCUT2D eigenvalue weighted by Gasteiger charge is 2.28. The Kier molecular flexibility index (Phi) is 53.5. The Morgan fingerprint density at radius 2 is 0.746 bits per heavy atom. The molecule has 0 saturated heterocycles. The molecule has 9 heteroatoms. The third-order valence-corrected chi connectivity index (χ3v) is 15.7. The number of hydrogen-bond donors (Lipinski definition) is 3. The van der Waals surface area contributed by atoms with E-state index >= 15 is 0 Å². The van der Waals surface area contributed by atoms with Crippen molar-refractivity contribution in [1.82, 2.24) is 5.32 Å². The van der Waals surface area contributed by atoms with Crippen molar-refractivity contribution >= 4 is 13.7 Å². The van der Waals surface area contributed by atoms with Crippen molar-refractivity contribution in [3.63, 3.8) is 0 Å². The average molecular weight is 1030 g/mol. The lowest BCUT2D eigenvalue weighted by molar-refractivity contribution is -0.870. The van der Waals surface area contributed by atoms with Crippen molar-refractivity contribution in [3.8, 4) is 0 Å². The van der Waals surface area contributed by atoms with Crippen LogP contribution in [0.5, 0.6) is 0 Å². The molecule has 0 bridgehead atoms. The number of unbranched alkanes of at least 4 members (excludes halogenated alkanes) is 46. The summed E-state index contributed by atoms with van der Waals surface area (Å²) < 4.78 is 23.6. The highest BCUT2D eigenvalue weighted by atomic mass is 31.2. The molecular formula is C62H126N2O6P+. The number of nitrogens with zero attached hydrogens (tertiary/aromatic N) is 1. The Balaban J connectivity index is 3.68. The molecule has 3 atom stereocenters. The van der Waals surface area contributed by atoms with Gasteiger partial charge in [-0.3, -0.25) is 13.8 Å². The molecule has 0 aliphatic heterocycles. The lowest BCUT2D eigenvalue weighted by atomic mass is 10.0. The number of quaternary nitrogens is 1. The molecule has 3 unspecified atom stereocenters. The quantitative estimate of drug-likeness (QED) is 0.0243. The fraction of sp³-hybridized carbons (Fsp3) is 0.952. The summed E-state index contributed by atoms with van der Waals surface area (Å²) in [7, 11) is 1.58. The minimum absolute atomic E-state index is 0.0643. The summed E-state index contributed by atoms with van der Waals surface area (Å²) in [5.74, 6) is -0.174. The standard InChI is InChI=1S/C62H125N2O6P/c1-6-8-10-12-14-16-17-18-19-20-21-22-23-24-25-26-27-28-29-30-31-32-33-34-35-36-37-38-39-40-41-42-43-44-45-46-47-48-50-52-54-56-62(66)63-60(59-70-71(67,68)69-58-57-64(3,4)5)61(65)55-53-51-49-15-13-11-9-7-2/h53,55,60-61,65H,6-52,54,56-59H2,1-5H3,(H-,63,66,67,68)/p+1/b55-53+. The number of aliphatic hydroxyl groups excluding tert-OH is 1. The normalized spacial score (nSPS) is 13.8. The first-order chi connectivity index (χ1) is 34.5. The fourth-order valence-corrected chi connectivity index (χ4v) is 10.5. The number of rotatable bonds is 59. The van der Waals surface area contributed by atoms with E-state index in [1.54, 1.807) is 6.08 Å². The molecule has 0 radical (unpaired) electrons. The maximum atomic E-state index is 12.9. The van der Waals surface area contributed by atoms with Crippen LogP contribution in [0.3, 0.4) is 0 Å². The first-order valence-corrected chi connectivity index (χ1v) is 33.1. The molecule has 424 valence electrons. The molecule has 0 saturated carbocycles. The second kappa shape index (κ2) is 54.0. The Hall–Kier alpha value is -0.760. The molecular weight excluding hydrogens is 900 g/mol. The van der Waals surface area contributed by atoms with Gasteiger partial charge in [-0.05, 0) is 19.3 Å². The number of carbonyl (C=O) groups excluding carboxylic acids is 1. The first kappa shape index (κ1) is 70.2. The van der Waals surface area contributed by atoms with E-state index in [9.17, 15) is 19.4 Å². The van der Waals surface area contributed by atoms with Crippen molar-refractivity contribution in [2.45, 2.75) is 341 Å². The van der Waals surface area contributed by atoms with Crippen LogP contribution in [0.25, 0.3) is 0 Å². The zero-order valence-electron chi connectivity index (χ0n) is 48.5. The number of hydrogen-bond acceptors (Lipinski definition) is 5. The molecule has 71 heavy (non-hydrogen) atoms. The van der Waals surface area contributed by atoms with Gasteiger partial charge in [0.05, 0.1) is 39.9 Å². The van der Waals surface area contributed by atoms with E-state index in [1.807, 2.05) is 27.2 Å². The summed E-state index contributed by atoms with van der Waals surface area (Å²) in [6.07, 6.45) is 68.3. The van der Waals surface area contributed by atoms with Crippen molar-refractivity contribution in [2.24, 2.45) is 0 Å². The Morgan fingerprint density at radius 3 is 1.04 bits per heavy atom. The van der Waals surface area contributed by atoms with Crippen molar-refractivity contribution in [2.75, 3.05) is 40.9 Å². The van der Waals surface area contributed by atoms with Gasteiger partial charge in [-0.15, -0.1) is 0 Å². The Labute approximate surface area is 443 Å². The van der Waals surface area contributed by atoms with E-state index in [2.05, 4.69) is 19.2 Å². The number of phosphoric acid groups is 1. The van der Waals surface area contributed by atoms with E-state index in [1.165, 1.54) is 270 Å². The molecule has 0 heterocycles. The monoisotopic (exact) mass is 1030 g/mol. The number of likely N-dealkylation sites (N-methyl/N-ethyl adjacent to an activating group) is 1. The molecule has 0 aromatic heterocycles. The van der Waals surface area contributed by atoms with Crippen LogP contribution < -0.4 is 5.32 Å². The van der Waals surface area contributed by atoms with Gasteiger partial charge in [0.25, 0.3) is 0 Å². The molecule has 0 aliphatic carbocycles. The second-order valence-corrected chi connectivity index (χ2v) is 24.6. The van der Waals surface area contributed by atoms with Gasteiger partial charge in [-0.2, -0.15) is 0 Å². The number of amides is 1. The molecule has 0 fully saturated rings.